The molecule has 1 rings (SSSR count). The molecule has 0 atom stereocenters. The van der Waals surface area contributed by atoms with E-state index in [0.29, 0.717) is 16.3 Å². The van der Waals surface area contributed by atoms with Crippen molar-refractivity contribution in [2.75, 3.05) is 24.7 Å². The van der Waals surface area contributed by atoms with Crippen LogP contribution in [-0.4, -0.2) is 27.8 Å². The summed E-state index contributed by atoms with van der Waals surface area (Å²) in [4.78, 5) is 0. The van der Waals surface area contributed by atoms with Gasteiger partial charge in [0.1, 0.15) is 0 Å². The molecule has 0 aliphatic carbocycles. The van der Waals surface area contributed by atoms with Gasteiger partial charge in [-0.2, -0.15) is 5.26 Å². The highest BCUT2D eigenvalue weighted by Crippen LogP contribution is 2.22. The number of nitriles is 1. The first-order valence-corrected chi connectivity index (χ1v) is 6.86. The Hall–Kier alpha value is -1.29. The first kappa shape index (κ1) is 13.8. The Kier molecular flexibility index (Phi) is 4.75. The Balaban J connectivity index is 2.62. The predicted octanol–water partition coefficient (Wildman–Crippen LogP) is 1.17. The van der Waals surface area contributed by atoms with Gasteiger partial charge in [0.15, 0.2) is 0 Å². The minimum absolute atomic E-state index is 0.0418. The summed E-state index contributed by atoms with van der Waals surface area (Å²) in [5, 5.41) is 11.9. The molecule has 0 amide bonds. The van der Waals surface area contributed by atoms with Crippen LogP contribution in [0.4, 0.5) is 5.69 Å². The molecule has 0 spiro atoms. The van der Waals surface area contributed by atoms with Crippen LogP contribution < -0.4 is 10.0 Å². The molecule has 0 unspecified atom stereocenters. The highest BCUT2D eigenvalue weighted by atomic mass is 35.5. The van der Waals surface area contributed by atoms with Gasteiger partial charge in [-0.3, -0.25) is 0 Å². The van der Waals surface area contributed by atoms with E-state index in [1.165, 1.54) is 13.1 Å². The van der Waals surface area contributed by atoms with Crippen LogP contribution in [-0.2, 0) is 10.0 Å². The maximum atomic E-state index is 11.1. The topological polar surface area (TPSA) is 82.0 Å². The van der Waals surface area contributed by atoms with Crippen LogP contribution in [0.5, 0.6) is 0 Å². The fourth-order valence-electron chi connectivity index (χ4n) is 1.15. The molecule has 92 valence electrons. The highest BCUT2D eigenvalue weighted by molar-refractivity contribution is 7.89. The average molecular weight is 274 g/mol. The van der Waals surface area contributed by atoms with Gasteiger partial charge in [0.2, 0.25) is 10.0 Å². The van der Waals surface area contributed by atoms with E-state index in [9.17, 15) is 8.42 Å². The molecule has 0 aliphatic heterocycles. The minimum Gasteiger partial charge on any atom is -0.383 e. The molecule has 17 heavy (non-hydrogen) atoms. The number of anilines is 1. The summed E-state index contributed by atoms with van der Waals surface area (Å²) in [5.74, 6) is -0.0418. The lowest BCUT2D eigenvalue weighted by Crippen LogP contribution is -2.26. The summed E-state index contributed by atoms with van der Waals surface area (Å²) in [6.45, 7) is 0.245. The number of hydrogen-bond donors (Lipinski definition) is 2. The fourth-order valence-corrected chi connectivity index (χ4v) is 1.97. The Bertz CT molecular complexity index is 537. The SMILES string of the molecule is CNS(=O)(=O)CCNc1ccc(C#N)cc1Cl. The van der Waals surface area contributed by atoms with E-state index in [-0.39, 0.29) is 12.3 Å². The van der Waals surface area contributed by atoms with Gasteiger partial charge < -0.3 is 5.32 Å². The van der Waals surface area contributed by atoms with Crippen LogP contribution in [0.1, 0.15) is 5.56 Å². The van der Waals surface area contributed by atoms with E-state index in [2.05, 4.69) is 10.0 Å². The number of sulfonamides is 1. The van der Waals surface area contributed by atoms with E-state index in [4.69, 9.17) is 16.9 Å². The average Bonchev–Trinajstić information content (AvgIpc) is 2.31. The van der Waals surface area contributed by atoms with Crippen LogP contribution in [0, 0.1) is 11.3 Å². The zero-order chi connectivity index (χ0) is 12.9. The fraction of sp³-hybridized carbons (Fsp3) is 0.300. The standard InChI is InChI=1S/C10H12ClN3O2S/c1-13-17(15,16)5-4-14-10-3-2-8(7-12)6-9(10)11/h2-3,6,13-14H,4-5H2,1H3. The van der Waals surface area contributed by atoms with Gasteiger partial charge >= 0.3 is 0 Å². The molecule has 0 saturated carbocycles. The van der Waals surface area contributed by atoms with E-state index >= 15 is 0 Å². The largest absolute Gasteiger partial charge is 0.383 e. The molecule has 0 saturated heterocycles. The second-order valence-electron chi connectivity index (χ2n) is 3.26. The summed E-state index contributed by atoms with van der Waals surface area (Å²) in [6, 6.07) is 6.75. The van der Waals surface area contributed by atoms with Gasteiger partial charge in [0.05, 0.1) is 28.1 Å². The van der Waals surface area contributed by atoms with Crippen LogP contribution in [0.3, 0.4) is 0 Å². The maximum Gasteiger partial charge on any atom is 0.213 e. The third kappa shape index (κ3) is 4.23. The molecule has 2 N–H and O–H groups in total. The van der Waals surface area contributed by atoms with Crippen molar-refractivity contribution in [1.82, 2.24) is 4.72 Å². The molecule has 0 aromatic heterocycles. The first-order chi connectivity index (χ1) is 7.98. The minimum atomic E-state index is -3.22. The summed E-state index contributed by atoms with van der Waals surface area (Å²) < 4.78 is 24.5. The number of halogens is 1. The van der Waals surface area contributed by atoms with Crippen molar-refractivity contribution >= 4 is 27.3 Å². The second kappa shape index (κ2) is 5.87. The van der Waals surface area contributed by atoms with Gasteiger partial charge in [-0.25, -0.2) is 13.1 Å². The number of rotatable bonds is 5. The maximum absolute atomic E-state index is 11.1. The highest BCUT2D eigenvalue weighted by Gasteiger charge is 2.07. The Labute approximate surface area is 105 Å². The molecule has 0 fully saturated rings. The lowest BCUT2D eigenvalue weighted by molar-refractivity contribution is 0.588. The van der Waals surface area contributed by atoms with Gasteiger partial charge in [-0.1, -0.05) is 11.6 Å². The van der Waals surface area contributed by atoms with Gasteiger partial charge in [0, 0.05) is 6.54 Å². The summed E-state index contributed by atoms with van der Waals surface area (Å²) >= 11 is 5.91. The van der Waals surface area contributed by atoms with Crippen molar-refractivity contribution in [1.29, 1.82) is 5.26 Å². The smallest absolute Gasteiger partial charge is 0.213 e. The van der Waals surface area contributed by atoms with Crippen LogP contribution >= 0.6 is 11.6 Å². The Morgan fingerprint density at radius 3 is 2.71 bits per heavy atom. The monoisotopic (exact) mass is 273 g/mol. The first-order valence-electron chi connectivity index (χ1n) is 4.83. The zero-order valence-corrected chi connectivity index (χ0v) is 10.8. The van der Waals surface area contributed by atoms with E-state index in [1.54, 1.807) is 12.1 Å². The third-order valence-corrected chi connectivity index (χ3v) is 3.77. The van der Waals surface area contributed by atoms with Crippen LogP contribution in [0.2, 0.25) is 5.02 Å². The molecular formula is C10H12ClN3O2S. The van der Waals surface area contributed by atoms with Crippen molar-refractivity contribution in [2.45, 2.75) is 0 Å². The number of nitrogens with zero attached hydrogens (tertiary/aromatic N) is 1. The van der Waals surface area contributed by atoms with E-state index < -0.39 is 10.0 Å². The predicted molar refractivity (Wildman–Crippen MR) is 67.5 cm³/mol. The molecule has 1 aromatic rings. The number of hydrogen-bond acceptors (Lipinski definition) is 4. The quantitative estimate of drug-likeness (QED) is 0.844. The molecule has 5 nitrogen and oxygen atoms in total. The van der Waals surface area contributed by atoms with Crippen LogP contribution in [0.25, 0.3) is 0 Å². The summed E-state index contributed by atoms with van der Waals surface area (Å²) in [7, 11) is -1.86. The molecule has 1 aromatic carbocycles. The number of benzene rings is 1. The van der Waals surface area contributed by atoms with Gasteiger partial charge in [-0.05, 0) is 25.2 Å². The molecule has 0 aliphatic rings. The molecule has 0 radical (unpaired) electrons. The third-order valence-electron chi connectivity index (χ3n) is 2.10. The summed E-state index contributed by atoms with van der Waals surface area (Å²) in [5.41, 5.74) is 1.07. The Morgan fingerprint density at radius 1 is 1.47 bits per heavy atom. The number of nitrogens with one attached hydrogen (secondary N) is 2. The zero-order valence-electron chi connectivity index (χ0n) is 9.20. The lowest BCUT2D eigenvalue weighted by atomic mass is 10.2. The van der Waals surface area contributed by atoms with Crippen molar-refractivity contribution in [2.24, 2.45) is 0 Å². The molecule has 7 heteroatoms. The summed E-state index contributed by atoms with van der Waals surface area (Å²) in [6.07, 6.45) is 0. The molecule has 0 bridgehead atoms. The van der Waals surface area contributed by atoms with E-state index in [1.807, 2.05) is 6.07 Å². The second-order valence-corrected chi connectivity index (χ2v) is 5.71. The van der Waals surface area contributed by atoms with E-state index in [0.717, 1.165) is 0 Å². The molecular weight excluding hydrogens is 262 g/mol. The van der Waals surface area contributed by atoms with Crippen LogP contribution in [0.15, 0.2) is 18.2 Å². The van der Waals surface area contributed by atoms with Gasteiger partial charge in [0.25, 0.3) is 0 Å². The van der Waals surface area contributed by atoms with Crippen molar-refractivity contribution < 1.29 is 8.42 Å². The Morgan fingerprint density at radius 2 is 2.18 bits per heavy atom. The molecule has 0 heterocycles. The van der Waals surface area contributed by atoms with Crippen molar-refractivity contribution in [3.63, 3.8) is 0 Å². The normalized spacial score (nSPS) is 10.9. The van der Waals surface area contributed by atoms with Gasteiger partial charge in [-0.15, -0.1) is 0 Å². The lowest BCUT2D eigenvalue weighted by Gasteiger charge is -2.08. The van der Waals surface area contributed by atoms with Crippen molar-refractivity contribution in [3.8, 4) is 6.07 Å². The van der Waals surface area contributed by atoms with Crippen molar-refractivity contribution in [3.05, 3.63) is 28.8 Å².